The monoisotopic (exact) mass is 340 g/mol. The number of hydrogen-bond donors (Lipinski definition) is 1. The lowest BCUT2D eigenvalue weighted by Crippen LogP contribution is -2.13. The van der Waals surface area contributed by atoms with Crippen LogP contribution in [-0.2, 0) is 16.4 Å². The Balaban J connectivity index is 1.88. The number of aromatic nitrogens is 1. The van der Waals surface area contributed by atoms with Crippen molar-refractivity contribution in [3.05, 3.63) is 66.5 Å². The van der Waals surface area contributed by atoms with Gasteiger partial charge in [-0.05, 0) is 42.7 Å². The smallest absolute Gasteiger partial charge is 0.262 e. The summed E-state index contributed by atoms with van der Waals surface area (Å²) in [5.41, 5.74) is 1.79. The van der Waals surface area contributed by atoms with Crippen molar-refractivity contribution in [2.24, 2.45) is 0 Å². The Kier molecular flexibility index (Phi) is 4.81. The quantitative estimate of drug-likeness (QED) is 0.724. The summed E-state index contributed by atoms with van der Waals surface area (Å²) in [5, 5.41) is 1.47. The highest BCUT2D eigenvalue weighted by Crippen LogP contribution is 2.24. The second kappa shape index (κ2) is 7.01. The number of aryl methyl sites for hydroxylation is 1. The highest BCUT2D eigenvalue weighted by molar-refractivity contribution is 7.93. The van der Waals surface area contributed by atoms with Crippen LogP contribution in [0.1, 0.15) is 25.3 Å². The molecule has 0 radical (unpaired) electrons. The maximum Gasteiger partial charge on any atom is 0.262 e. The summed E-state index contributed by atoms with van der Waals surface area (Å²) in [6, 6.07) is 14.5. The maximum atomic E-state index is 12.7. The first kappa shape index (κ1) is 16.5. The summed E-state index contributed by atoms with van der Waals surface area (Å²) in [4.78, 5) is 4.30. The number of nitrogens with one attached hydrogen (secondary N) is 1. The fourth-order valence-corrected chi connectivity index (χ4v) is 3.95. The number of unbranched alkanes of at least 4 members (excludes halogenated alkanes) is 1. The Labute approximate surface area is 142 Å². The first-order valence-corrected chi connectivity index (χ1v) is 9.53. The van der Waals surface area contributed by atoms with Gasteiger partial charge in [0.05, 0.1) is 4.90 Å². The number of pyridine rings is 1. The molecule has 0 bridgehead atoms. The van der Waals surface area contributed by atoms with Crippen molar-refractivity contribution < 1.29 is 8.42 Å². The molecule has 2 aromatic carbocycles. The molecule has 1 heterocycles. The third-order valence-corrected chi connectivity index (χ3v) is 5.39. The van der Waals surface area contributed by atoms with E-state index in [2.05, 4.69) is 16.6 Å². The van der Waals surface area contributed by atoms with E-state index < -0.39 is 10.0 Å². The largest absolute Gasteiger partial charge is 0.280 e. The lowest BCUT2D eigenvalue weighted by molar-refractivity contribution is 0.602. The predicted molar refractivity (Wildman–Crippen MR) is 97.6 cm³/mol. The molecule has 0 aliphatic rings. The zero-order chi connectivity index (χ0) is 17.0. The van der Waals surface area contributed by atoms with Crippen LogP contribution >= 0.6 is 0 Å². The molecule has 1 aromatic heterocycles. The van der Waals surface area contributed by atoms with E-state index >= 15 is 0 Å². The number of rotatable bonds is 6. The van der Waals surface area contributed by atoms with E-state index in [1.807, 2.05) is 30.3 Å². The van der Waals surface area contributed by atoms with E-state index in [4.69, 9.17) is 0 Å². The highest BCUT2D eigenvalue weighted by atomic mass is 32.2. The lowest BCUT2D eigenvalue weighted by Gasteiger charge is -2.11. The molecular weight excluding hydrogens is 320 g/mol. The highest BCUT2D eigenvalue weighted by Gasteiger charge is 2.17. The van der Waals surface area contributed by atoms with E-state index in [1.54, 1.807) is 30.6 Å². The first-order chi connectivity index (χ1) is 11.6. The number of sulfonamides is 1. The van der Waals surface area contributed by atoms with Crippen LogP contribution in [0.4, 0.5) is 5.69 Å². The van der Waals surface area contributed by atoms with Crippen molar-refractivity contribution in [3.63, 3.8) is 0 Å². The molecular formula is C19H20N2O2S. The van der Waals surface area contributed by atoms with Crippen molar-refractivity contribution in [1.82, 2.24) is 4.98 Å². The Morgan fingerprint density at radius 1 is 1.04 bits per heavy atom. The fraction of sp³-hybridized carbons (Fsp3) is 0.211. The van der Waals surface area contributed by atoms with Crippen LogP contribution in [0.5, 0.6) is 0 Å². The molecule has 0 atom stereocenters. The van der Waals surface area contributed by atoms with E-state index in [1.165, 1.54) is 5.56 Å². The minimum absolute atomic E-state index is 0.262. The Bertz CT molecular complexity index is 930. The van der Waals surface area contributed by atoms with Gasteiger partial charge >= 0.3 is 0 Å². The van der Waals surface area contributed by atoms with Crippen LogP contribution in [0.25, 0.3) is 10.8 Å². The van der Waals surface area contributed by atoms with Crippen LogP contribution in [0.3, 0.4) is 0 Å². The predicted octanol–water partition coefficient (Wildman–Crippen LogP) is 4.38. The van der Waals surface area contributed by atoms with Crippen LogP contribution in [0, 0.1) is 0 Å². The Hall–Kier alpha value is -2.40. The van der Waals surface area contributed by atoms with Crippen molar-refractivity contribution in [1.29, 1.82) is 0 Å². The number of hydrogen-bond acceptors (Lipinski definition) is 3. The average molecular weight is 340 g/mol. The van der Waals surface area contributed by atoms with Gasteiger partial charge in [-0.3, -0.25) is 9.71 Å². The van der Waals surface area contributed by atoms with Gasteiger partial charge in [-0.1, -0.05) is 37.6 Å². The van der Waals surface area contributed by atoms with Crippen LogP contribution in [-0.4, -0.2) is 13.4 Å². The molecule has 0 saturated carbocycles. The van der Waals surface area contributed by atoms with Gasteiger partial charge in [-0.25, -0.2) is 8.42 Å². The Morgan fingerprint density at radius 3 is 2.58 bits per heavy atom. The van der Waals surface area contributed by atoms with Gasteiger partial charge in [0.25, 0.3) is 10.0 Å². The topological polar surface area (TPSA) is 59.1 Å². The van der Waals surface area contributed by atoms with E-state index in [9.17, 15) is 8.42 Å². The zero-order valence-corrected chi connectivity index (χ0v) is 14.4. The summed E-state index contributed by atoms with van der Waals surface area (Å²) in [5.74, 6) is 0. The minimum Gasteiger partial charge on any atom is -0.280 e. The number of anilines is 1. The van der Waals surface area contributed by atoms with Gasteiger partial charge < -0.3 is 0 Å². The number of benzene rings is 2. The molecule has 0 saturated heterocycles. The van der Waals surface area contributed by atoms with Gasteiger partial charge in [0.1, 0.15) is 0 Å². The van der Waals surface area contributed by atoms with E-state index in [0.29, 0.717) is 11.1 Å². The molecule has 0 unspecified atom stereocenters. The van der Waals surface area contributed by atoms with Crippen molar-refractivity contribution in [2.75, 3.05) is 4.72 Å². The van der Waals surface area contributed by atoms with Crippen LogP contribution in [0.2, 0.25) is 0 Å². The number of nitrogens with zero attached hydrogens (tertiary/aromatic N) is 1. The summed E-state index contributed by atoms with van der Waals surface area (Å²) in [6.07, 6.45) is 6.56. The van der Waals surface area contributed by atoms with Gasteiger partial charge in [-0.2, -0.15) is 0 Å². The number of fused-ring (bicyclic) bond motifs is 1. The molecule has 0 aliphatic heterocycles. The van der Waals surface area contributed by atoms with Crippen molar-refractivity contribution >= 4 is 26.5 Å². The van der Waals surface area contributed by atoms with Gasteiger partial charge in [0, 0.05) is 28.9 Å². The van der Waals surface area contributed by atoms with Gasteiger partial charge in [0.2, 0.25) is 0 Å². The minimum atomic E-state index is -3.65. The molecule has 0 fully saturated rings. The summed E-state index contributed by atoms with van der Waals surface area (Å²) in [7, 11) is -3.65. The molecule has 24 heavy (non-hydrogen) atoms. The van der Waals surface area contributed by atoms with E-state index in [-0.39, 0.29) is 4.90 Å². The van der Waals surface area contributed by atoms with Crippen molar-refractivity contribution in [3.8, 4) is 0 Å². The lowest BCUT2D eigenvalue weighted by atomic mass is 10.1. The SMILES string of the molecule is CCCCc1ccc(NS(=O)(=O)c2cccc3cnccc23)cc1. The molecule has 0 spiro atoms. The second-order valence-corrected chi connectivity index (χ2v) is 7.41. The summed E-state index contributed by atoms with van der Waals surface area (Å²) >= 11 is 0. The normalized spacial score (nSPS) is 11.5. The molecule has 1 N–H and O–H groups in total. The fourth-order valence-electron chi connectivity index (χ4n) is 2.66. The molecule has 0 aliphatic carbocycles. The second-order valence-electron chi connectivity index (χ2n) is 5.76. The van der Waals surface area contributed by atoms with Crippen LogP contribution < -0.4 is 4.72 Å². The standard InChI is InChI=1S/C19H20N2O2S/c1-2-3-5-15-8-10-17(11-9-15)21-24(22,23)19-7-4-6-16-14-20-13-12-18(16)19/h4,6-14,21H,2-3,5H2,1H3. The van der Waals surface area contributed by atoms with Crippen molar-refractivity contribution in [2.45, 2.75) is 31.1 Å². The third kappa shape index (κ3) is 3.57. The van der Waals surface area contributed by atoms with Gasteiger partial charge in [-0.15, -0.1) is 0 Å². The Morgan fingerprint density at radius 2 is 1.83 bits per heavy atom. The first-order valence-electron chi connectivity index (χ1n) is 8.04. The average Bonchev–Trinajstić information content (AvgIpc) is 2.60. The molecule has 5 heteroatoms. The summed E-state index contributed by atoms with van der Waals surface area (Å²) in [6.45, 7) is 2.15. The maximum absolute atomic E-state index is 12.7. The molecule has 0 amide bonds. The van der Waals surface area contributed by atoms with E-state index in [0.717, 1.165) is 24.6 Å². The van der Waals surface area contributed by atoms with Gasteiger partial charge in [0.15, 0.2) is 0 Å². The molecule has 4 nitrogen and oxygen atoms in total. The zero-order valence-electron chi connectivity index (χ0n) is 13.6. The third-order valence-electron chi connectivity index (χ3n) is 3.96. The summed E-state index contributed by atoms with van der Waals surface area (Å²) < 4.78 is 28.1. The molecule has 3 rings (SSSR count). The van der Waals surface area contributed by atoms with Crippen LogP contribution in [0.15, 0.2) is 65.8 Å². The molecule has 3 aromatic rings. The molecule has 124 valence electrons.